The Labute approximate surface area is 80.5 Å². The second kappa shape index (κ2) is 4.74. The summed E-state index contributed by atoms with van der Waals surface area (Å²) >= 11 is 0. The fourth-order valence-electron chi connectivity index (χ4n) is 1.68. The van der Waals surface area contributed by atoms with Crippen molar-refractivity contribution in [3.63, 3.8) is 0 Å². The largest absolute Gasteiger partial charge is 0.379 e. The SMILES string of the molecule is C=CCN(CC)CC1(N)CCOC1. The van der Waals surface area contributed by atoms with E-state index in [0.29, 0.717) is 6.61 Å². The molecule has 1 aliphatic heterocycles. The predicted octanol–water partition coefficient (Wildman–Crippen LogP) is 0.612. The van der Waals surface area contributed by atoms with Crippen LogP contribution < -0.4 is 5.73 Å². The quantitative estimate of drug-likeness (QED) is 0.636. The molecule has 1 rings (SSSR count). The maximum Gasteiger partial charge on any atom is 0.0659 e. The minimum atomic E-state index is -0.126. The van der Waals surface area contributed by atoms with Crippen molar-refractivity contribution in [1.29, 1.82) is 0 Å². The van der Waals surface area contributed by atoms with Gasteiger partial charge in [-0.2, -0.15) is 0 Å². The molecule has 2 N–H and O–H groups in total. The third-order valence-corrected chi connectivity index (χ3v) is 2.51. The zero-order valence-electron chi connectivity index (χ0n) is 8.46. The third-order valence-electron chi connectivity index (χ3n) is 2.51. The first-order valence-electron chi connectivity index (χ1n) is 4.90. The third kappa shape index (κ3) is 3.10. The summed E-state index contributed by atoms with van der Waals surface area (Å²) in [4.78, 5) is 2.29. The van der Waals surface area contributed by atoms with Crippen molar-refractivity contribution in [2.24, 2.45) is 5.73 Å². The molecule has 1 heterocycles. The Morgan fingerprint density at radius 2 is 2.46 bits per heavy atom. The summed E-state index contributed by atoms with van der Waals surface area (Å²) in [6, 6.07) is 0. The minimum absolute atomic E-state index is 0.126. The molecule has 0 aliphatic carbocycles. The van der Waals surface area contributed by atoms with E-state index in [0.717, 1.165) is 32.7 Å². The standard InChI is InChI=1S/C10H20N2O/c1-3-6-12(4-2)8-10(11)5-7-13-9-10/h3H,1,4-9,11H2,2H3. The fraction of sp³-hybridized carbons (Fsp3) is 0.800. The van der Waals surface area contributed by atoms with Gasteiger partial charge in [0.15, 0.2) is 0 Å². The summed E-state index contributed by atoms with van der Waals surface area (Å²) in [5.74, 6) is 0. The molecule has 13 heavy (non-hydrogen) atoms. The molecule has 0 radical (unpaired) electrons. The molecule has 3 heteroatoms. The molecule has 1 atom stereocenters. The van der Waals surface area contributed by atoms with E-state index < -0.39 is 0 Å². The number of likely N-dealkylation sites (N-methyl/N-ethyl adjacent to an activating group) is 1. The number of hydrogen-bond donors (Lipinski definition) is 1. The zero-order chi connectivity index (χ0) is 9.73. The summed E-state index contributed by atoms with van der Waals surface area (Å²) in [6.07, 6.45) is 2.89. The van der Waals surface area contributed by atoms with E-state index >= 15 is 0 Å². The summed E-state index contributed by atoms with van der Waals surface area (Å²) in [5, 5.41) is 0. The van der Waals surface area contributed by atoms with Gasteiger partial charge in [-0.3, -0.25) is 4.90 Å². The molecule has 0 saturated carbocycles. The second-order valence-electron chi connectivity index (χ2n) is 3.78. The predicted molar refractivity (Wildman–Crippen MR) is 54.7 cm³/mol. The van der Waals surface area contributed by atoms with Crippen LogP contribution in [0.3, 0.4) is 0 Å². The van der Waals surface area contributed by atoms with Crippen LogP contribution in [0.4, 0.5) is 0 Å². The summed E-state index contributed by atoms with van der Waals surface area (Å²) in [7, 11) is 0. The van der Waals surface area contributed by atoms with E-state index in [-0.39, 0.29) is 5.54 Å². The normalized spacial score (nSPS) is 28.2. The maximum absolute atomic E-state index is 6.16. The highest BCUT2D eigenvalue weighted by atomic mass is 16.5. The summed E-state index contributed by atoms with van der Waals surface area (Å²) < 4.78 is 5.31. The molecule has 1 aliphatic rings. The fourth-order valence-corrected chi connectivity index (χ4v) is 1.68. The summed E-state index contributed by atoms with van der Waals surface area (Å²) in [6.45, 7) is 10.2. The topological polar surface area (TPSA) is 38.5 Å². The first-order chi connectivity index (χ1) is 6.20. The number of nitrogens with two attached hydrogens (primary N) is 1. The van der Waals surface area contributed by atoms with E-state index in [1.165, 1.54) is 0 Å². The first-order valence-corrected chi connectivity index (χ1v) is 4.90. The molecule has 0 bridgehead atoms. The van der Waals surface area contributed by atoms with Crippen LogP contribution in [0.1, 0.15) is 13.3 Å². The van der Waals surface area contributed by atoms with Crippen molar-refractivity contribution in [2.45, 2.75) is 18.9 Å². The molecule has 0 aromatic heterocycles. The van der Waals surface area contributed by atoms with E-state index in [1.807, 2.05) is 6.08 Å². The van der Waals surface area contributed by atoms with Gasteiger partial charge >= 0.3 is 0 Å². The van der Waals surface area contributed by atoms with Crippen molar-refractivity contribution in [2.75, 3.05) is 32.8 Å². The first kappa shape index (κ1) is 10.7. The lowest BCUT2D eigenvalue weighted by Crippen LogP contribution is -2.50. The van der Waals surface area contributed by atoms with Gasteiger partial charge in [-0.15, -0.1) is 6.58 Å². The van der Waals surface area contributed by atoms with Crippen LogP contribution in [-0.4, -0.2) is 43.3 Å². The van der Waals surface area contributed by atoms with Crippen molar-refractivity contribution >= 4 is 0 Å². The van der Waals surface area contributed by atoms with Crippen LogP contribution in [0, 0.1) is 0 Å². The van der Waals surface area contributed by atoms with E-state index in [1.54, 1.807) is 0 Å². The van der Waals surface area contributed by atoms with Crippen LogP contribution >= 0.6 is 0 Å². The lowest BCUT2D eigenvalue weighted by atomic mass is 10.00. The molecular formula is C10H20N2O. The monoisotopic (exact) mass is 184 g/mol. The molecule has 3 nitrogen and oxygen atoms in total. The van der Waals surface area contributed by atoms with Crippen molar-refractivity contribution in [1.82, 2.24) is 4.90 Å². The highest BCUT2D eigenvalue weighted by molar-refractivity contribution is 4.92. The maximum atomic E-state index is 6.16. The molecule has 0 aromatic rings. The number of ether oxygens (including phenoxy) is 1. The number of rotatable bonds is 5. The van der Waals surface area contributed by atoms with Crippen LogP contribution in [0.2, 0.25) is 0 Å². The minimum Gasteiger partial charge on any atom is -0.379 e. The van der Waals surface area contributed by atoms with Crippen LogP contribution in [0.25, 0.3) is 0 Å². The van der Waals surface area contributed by atoms with Gasteiger partial charge in [0.1, 0.15) is 0 Å². The molecule has 1 unspecified atom stereocenters. The van der Waals surface area contributed by atoms with Crippen molar-refractivity contribution < 1.29 is 4.74 Å². The molecule has 0 spiro atoms. The number of hydrogen-bond acceptors (Lipinski definition) is 3. The Morgan fingerprint density at radius 3 is 2.92 bits per heavy atom. The van der Waals surface area contributed by atoms with Crippen molar-refractivity contribution in [3.8, 4) is 0 Å². The molecular weight excluding hydrogens is 164 g/mol. The van der Waals surface area contributed by atoms with Gasteiger partial charge in [0.2, 0.25) is 0 Å². The van der Waals surface area contributed by atoms with Gasteiger partial charge in [0.05, 0.1) is 12.1 Å². The van der Waals surface area contributed by atoms with Gasteiger partial charge in [-0.25, -0.2) is 0 Å². The highest BCUT2D eigenvalue weighted by Gasteiger charge is 2.31. The van der Waals surface area contributed by atoms with Gasteiger partial charge < -0.3 is 10.5 Å². The Balaban J connectivity index is 2.39. The van der Waals surface area contributed by atoms with Gasteiger partial charge in [0.25, 0.3) is 0 Å². The molecule has 1 fully saturated rings. The van der Waals surface area contributed by atoms with Crippen LogP contribution in [-0.2, 0) is 4.74 Å². The van der Waals surface area contributed by atoms with Gasteiger partial charge in [-0.05, 0) is 13.0 Å². The van der Waals surface area contributed by atoms with Crippen LogP contribution in [0.15, 0.2) is 12.7 Å². The highest BCUT2D eigenvalue weighted by Crippen LogP contribution is 2.16. The van der Waals surface area contributed by atoms with E-state index in [4.69, 9.17) is 10.5 Å². The average Bonchev–Trinajstić information content (AvgIpc) is 2.51. The lowest BCUT2D eigenvalue weighted by Gasteiger charge is -2.29. The average molecular weight is 184 g/mol. The summed E-state index contributed by atoms with van der Waals surface area (Å²) in [5.41, 5.74) is 6.04. The van der Waals surface area contributed by atoms with Crippen molar-refractivity contribution in [3.05, 3.63) is 12.7 Å². The van der Waals surface area contributed by atoms with Crippen LogP contribution in [0.5, 0.6) is 0 Å². The molecule has 0 aromatic carbocycles. The second-order valence-corrected chi connectivity index (χ2v) is 3.78. The van der Waals surface area contributed by atoms with Gasteiger partial charge in [-0.1, -0.05) is 13.0 Å². The molecule has 0 amide bonds. The van der Waals surface area contributed by atoms with Gasteiger partial charge in [0, 0.05) is 19.7 Å². The zero-order valence-corrected chi connectivity index (χ0v) is 8.46. The Bertz CT molecular complexity index is 164. The lowest BCUT2D eigenvalue weighted by molar-refractivity contribution is 0.159. The smallest absolute Gasteiger partial charge is 0.0659 e. The molecule has 76 valence electrons. The molecule has 1 saturated heterocycles. The number of nitrogens with zero attached hydrogens (tertiary/aromatic N) is 1. The Kier molecular flexibility index (Phi) is 3.90. The Morgan fingerprint density at radius 1 is 1.69 bits per heavy atom. The van der Waals surface area contributed by atoms with E-state index in [2.05, 4.69) is 18.4 Å². The Hall–Kier alpha value is -0.380. The van der Waals surface area contributed by atoms with E-state index in [9.17, 15) is 0 Å².